The quantitative estimate of drug-likeness (QED) is 0.791. The second-order valence-corrected chi connectivity index (χ2v) is 6.28. The van der Waals surface area contributed by atoms with Crippen LogP contribution < -0.4 is 4.74 Å². The molecule has 136 valence electrons. The number of carbonyl (C=O) groups is 2. The van der Waals surface area contributed by atoms with Gasteiger partial charge in [0.25, 0.3) is 0 Å². The number of hydrogen-bond donors (Lipinski definition) is 2. The lowest BCUT2D eigenvalue weighted by molar-refractivity contribution is -0.144. The Morgan fingerprint density at radius 3 is 1.85 bits per heavy atom. The Bertz CT molecular complexity index is 784. The summed E-state index contributed by atoms with van der Waals surface area (Å²) in [5, 5.41) is 18.9. The van der Waals surface area contributed by atoms with E-state index in [-0.39, 0.29) is 44.4 Å². The highest BCUT2D eigenvalue weighted by atomic mass is 16.5. The maximum Gasteiger partial charge on any atom is 0.233 e. The maximum atomic E-state index is 12.6. The summed E-state index contributed by atoms with van der Waals surface area (Å²) in [6.45, 7) is -0.239. The zero-order chi connectivity index (χ0) is 18.7. The molecule has 0 saturated heterocycles. The van der Waals surface area contributed by atoms with E-state index in [9.17, 15) is 19.8 Å². The zero-order valence-electron chi connectivity index (χ0n) is 14.6. The highest BCUT2D eigenvalue weighted by Crippen LogP contribution is 2.24. The predicted molar refractivity (Wildman–Crippen MR) is 94.2 cm³/mol. The van der Waals surface area contributed by atoms with Crippen molar-refractivity contribution in [1.82, 2.24) is 4.90 Å². The van der Waals surface area contributed by atoms with Crippen LogP contribution in [0.4, 0.5) is 0 Å². The molecular formula is C20H21NO5. The number of imide groups is 1. The highest BCUT2D eigenvalue weighted by Gasteiger charge is 2.28. The Hall–Kier alpha value is -2.70. The summed E-state index contributed by atoms with van der Waals surface area (Å²) in [6, 6.07) is 10.7. The van der Waals surface area contributed by atoms with Gasteiger partial charge in [-0.3, -0.25) is 14.5 Å². The first-order chi connectivity index (χ1) is 12.5. The SMILES string of the molecule is COc1ccc(CN2C(=O)Cc3cc(CO)c(CO)cc3CC2=O)cc1. The summed E-state index contributed by atoms with van der Waals surface area (Å²) in [4.78, 5) is 26.5. The van der Waals surface area contributed by atoms with Gasteiger partial charge < -0.3 is 14.9 Å². The highest BCUT2D eigenvalue weighted by molar-refractivity contribution is 5.99. The average molecular weight is 355 g/mol. The number of hydrogen-bond acceptors (Lipinski definition) is 5. The predicted octanol–water partition coefficient (Wildman–Crippen LogP) is 1.33. The van der Waals surface area contributed by atoms with Gasteiger partial charge in [-0.15, -0.1) is 0 Å². The monoisotopic (exact) mass is 355 g/mol. The minimum Gasteiger partial charge on any atom is -0.497 e. The number of aliphatic hydroxyl groups excluding tert-OH is 2. The van der Waals surface area contributed by atoms with Gasteiger partial charge in [-0.1, -0.05) is 24.3 Å². The van der Waals surface area contributed by atoms with Crippen molar-refractivity contribution >= 4 is 11.8 Å². The van der Waals surface area contributed by atoms with E-state index >= 15 is 0 Å². The molecule has 2 N–H and O–H groups in total. The molecule has 0 aromatic heterocycles. The van der Waals surface area contributed by atoms with Crippen LogP contribution in [0.15, 0.2) is 36.4 Å². The number of fused-ring (bicyclic) bond motifs is 1. The lowest BCUT2D eigenvalue weighted by atomic mass is 9.96. The van der Waals surface area contributed by atoms with Crippen molar-refractivity contribution in [2.75, 3.05) is 7.11 Å². The first-order valence-electron chi connectivity index (χ1n) is 8.37. The van der Waals surface area contributed by atoms with Crippen LogP contribution in [0, 0.1) is 0 Å². The van der Waals surface area contributed by atoms with E-state index in [1.807, 2.05) is 12.1 Å². The molecule has 2 aromatic rings. The average Bonchev–Trinajstić information content (AvgIpc) is 2.77. The summed E-state index contributed by atoms with van der Waals surface area (Å²) in [6.07, 6.45) is 0.186. The molecule has 1 aliphatic heterocycles. The summed E-state index contributed by atoms with van der Waals surface area (Å²) in [5.41, 5.74) is 3.44. The number of carbonyl (C=O) groups excluding carboxylic acids is 2. The van der Waals surface area contributed by atoms with Crippen LogP contribution >= 0.6 is 0 Å². The van der Waals surface area contributed by atoms with Gasteiger partial charge in [-0.2, -0.15) is 0 Å². The molecule has 3 rings (SSSR count). The molecule has 0 unspecified atom stereocenters. The van der Waals surface area contributed by atoms with Crippen LogP contribution in [0.25, 0.3) is 0 Å². The van der Waals surface area contributed by atoms with E-state index in [1.54, 1.807) is 31.4 Å². The van der Waals surface area contributed by atoms with Crippen LogP contribution in [0.3, 0.4) is 0 Å². The first kappa shape index (κ1) is 18.1. The molecule has 6 nitrogen and oxygen atoms in total. The Kier molecular flexibility index (Phi) is 5.35. The van der Waals surface area contributed by atoms with Crippen LogP contribution in [0.1, 0.15) is 27.8 Å². The van der Waals surface area contributed by atoms with Crippen molar-refractivity contribution in [2.24, 2.45) is 0 Å². The van der Waals surface area contributed by atoms with E-state index < -0.39 is 0 Å². The first-order valence-corrected chi connectivity index (χ1v) is 8.37. The lowest BCUT2D eigenvalue weighted by Crippen LogP contribution is -2.36. The Balaban J connectivity index is 1.86. The van der Waals surface area contributed by atoms with Gasteiger partial charge in [-0.05, 0) is 39.9 Å². The fraction of sp³-hybridized carbons (Fsp3) is 0.300. The molecule has 2 aromatic carbocycles. The number of rotatable bonds is 5. The largest absolute Gasteiger partial charge is 0.497 e. The summed E-state index contributed by atoms with van der Waals surface area (Å²) >= 11 is 0. The molecule has 6 heteroatoms. The molecule has 0 aliphatic carbocycles. The number of ether oxygens (including phenoxy) is 1. The third-order valence-electron chi connectivity index (χ3n) is 4.65. The van der Waals surface area contributed by atoms with Gasteiger partial charge in [-0.25, -0.2) is 0 Å². The van der Waals surface area contributed by atoms with Gasteiger partial charge in [0, 0.05) is 0 Å². The normalized spacial score (nSPS) is 14.2. The molecule has 1 heterocycles. The van der Waals surface area contributed by atoms with Crippen molar-refractivity contribution in [3.05, 3.63) is 64.2 Å². The molecule has 0 saturated carbocycles. The van der Waals surface area contributed by atoms with Gasteiger partial charge in [0.1, 0.15) is 5.75 Å². The Labute approximate surface area is 151 Å². The molecule has 2 amide bonds. The molecule has 0 atom stereocenters. The maximum absolute atomic E-state index is 12.6. The Morgan fingerprint density at radius 2 is 1.42 bits per heavy atom. The standard InChI is InChI=1S/C20H21NO5/c1-26-18-4-2-13(3-5-18)10-21-19(24)8-14-6-16(11-22)17(12-23)7-15(14)9-20(21)25/h2-7,22-23H,8-12H2,1H3. The van der Waals surface area contributed by atoms with E-state index in [2.05, 4.69) is 0 Å². The molecule has 0 radical (unpaired) electrons. The minimum absolute atomic E-state index is 0.0932. The minimum atomic E-state index is -0.273. The second kappa shape index (κ2) is 7.68. The van der Waals surface area contributed by atoms with Crippen LogP contribution in [0.5, 0.6) is 5.75 Å². The van der Waals surface area contributed by atoms with Crippen molar-refractivity contribution in [2.45, 2.75) is 32.6 Å². The van der Waals surface area contributed by atoms with Crippen molar-refractivity contribution < 1.29 is 24.5 Å². The summed E-state index contributed by atoms with van der Waals surface area (Å²) in [5.74, 6) is 0.165. The van der Waals surface area contributed by atoms with E-state index in [4.69, 9.17) is 4.74 Å². The van der Waals surface area contributed by atoms with Crippen LogP contribution in [-0.2, 0) is 42.2 Å². The molecule has 26 heavy (non-hydrogen) atoms. The van der Waals surface area contributed by atoms with Gasteiger partial charge in [0.15, 0.2) is 0 Å². The fourth-order valence-corrected chi connectivity index (χ4v) is 3.16. The van der Waals surface area contributed by atoms with Crippen LogP contribution in [-0.4, -0.2) is 34.0 Å². The molecule has 0 fully saturated rings. The topological polar surface area (TPSA) is 87.1 Å². The summed E-state index contributed by atoms with van der Waals surface area (Å²) < 4.78 is 5.12. The van der Waals surface area contributed by atoms with Crippen molar-refractivity contribution in [1.29, 1.82) is 0 Å². The number of aliphatic hydroxyl groups is 2. The lowest BCUT2D eigenvalue weighted by Gasteiger charge is -2.18. The molecular weight excluding hydrogens is 334 g/mol. The van der Waals surface area contributed by atoms with E-state index in [0.29, 0.717) is 16.9 Å². The van der Waals surface area contributed by atoms with Gasteiger partial charge in [0.05, 0.1) is 39.7 Å². The summed E-state index contributed by atoms with van der Waals surface area (Å²) in [7, 11) is 1.58. The van der Waals surface area contributed by atoms with Crippen molar-refractivity contribution in [3.63, 3.8) is 0 Å². The smallest absolute Gasteiger partial charge is 0.233 e. The van der Waals surface area contributed by atoms with Gasteiger partial charge in [0.2, 0.25) is 11.8 Å². The number of amides is 2. The van der Waals surface area contributed by atoms with E-state index in [1.165, 1.54) is 4.90 Å². The van der Waals surface area contributed by atoms with Crippen molar-refractivity contribution in [3.8, 4) is 5.75 Å². The number of nitrogens with zero attached hydrogens (tertiary/aromatic N) is 1. The van der Waals surface area contributed by atoms with Crippen LogP contribution in [0.2, 0.25) is 0 Å². The number of methoxy groups -OCH3 is 1. The Morgan fingerprint density at radius 1 is 0.923 bits per heavy atom. The fourth-order valence-electron chi connectivity index (χ4n) is 3.16. The molecule has 0 spiro atoms. The third-order valence-corrected chi connectivity index (χ3v) is 4.65. The third kappa shape index (κ3) is 3.61. The molecule has 1 aliphatic rings. The zero-order valence-corrected chi connectivity index (χ0v) is 14.6. The van der Waals surface area contributed by atoms with Gasteiger partial charge >= 0.3 is 0 Å². The molecule has 0 bridgehead atoms. The second-order valence-electron chi connectivity index (χ2n) is 6.28. The van der Waals surface area contributed by atoms with E-state index in [0.717, 1.165) is 16.7 Å². The number of benzene rings is 2.